The second-order valence-corrected chi connectivity index (χ2v) is 4.79. The molecular weight excluding hydrogens is 305 g/mol. The topological polar surface area (TPSA) is 41.5 Å². The highest BCUT2D eigenvalue weighted by molar-refractivity contribution is 9.10. The third-order valence-corrected chi connectivity index (χ3v) is 3.42. The summed E-state index contributed by atoms with van der Waals surface area (Å²) >= 11 is 3.36. The molecule has 2 N–H and O–H groups in total. The molecule has 0 amide bonds. The molecule has 1 saturated heterocycles. The van der Waals surface area contributed by atoms with Gasteiger partial charge in [0.15, 0.2) is 11.5 Å². The Kier molecular flexibility index (Phi) is 5.56. The summed E-state index contributed by atoms with van der Waals surface area (Å²) in [6.45, 7) is 3.53. The highest BCUT2D eigenvalue weighted by atomic mass is 79.9. The molecule has 17 heavy (non-hydrogen) atoms. The van der Waals surface area contributed by atoms with Crippen LogP contribution in [-0.2, 0) is 0 Å². The van der Waals surface area contributed by atoms with Crippen LogP contribution in [0.5, 0.6) is 11.5 Å². The molecule has 0 spiro atoms. The summed E-state index contributed by atoms with van der Waals surface area (Å²) in [5.41, 5.74) is 1.17. The lowest BCUT2D eigenvalue weighted by atomic mass is 10.0. The SMILES string of the molecule is CCOc1cc([C@H]2CCCN2)cc(Br)c1O.Cl. The van der Waals surface area contributed by atoms with E-state index in [4.69, 9.17) is 4.74 Å². The first-order valence-corrected chi connectivity index (χ1v) is 6.40. The normalized spacial score (nSPS) is 18.8. The molecule has 0 aliphatic carbocycles. The zero-order chi connectivity index (χ0) is 11.5. The van der Waals surface area contributed by atoms with E-state index in [1.807, 2.05) is 19.1 Å². The van der Waals surface area contributed by atoms with Gasteiger partial charge in [0.25, 0.3) is 0 Å². The van der Waals surface area contributed by atoms with Gasteiger partial charge in [0.05, 0.1) is 11.1 Å². The van der Waals surface area contributed by atoms with Crippen molar-refractivity contribution >= 4 is 28.3 Å². The molecule has 1 atom stereocenters. The van der Waals surface area contributed by atoms with Gasteiger partial charge in [-0.05, 0) is 59.9 Å². The quantitative estimate of drug-likeness (QED) is 0.896. The van der Waals surface area contributed by atoms with E-state index in [-0.39, 0.29) is 18.2 Å². The average Bonchev–Trinajstić information content (AvgIpc) is 2.78. The molecular formula is C12H17BrClNO2. The zero-order valence-corrected chi connectivity index (χ0v) is 12.1. The molecule has 1 aromatic rings. The van der Waals surface area contributed by atoms with Crippen LogP contribution in [0.4, 0.5) is 0 Å². The van der Waals surface area contributed by atoms with Crippen LogP contribution in [0.15, 0.2) is 16.6 Å². The molecule has 0 aromatic heterocycles. The molecule has 5 heteroatoms. The zero-order valence-electron chi connectivity index (χ0n) is 9.70. The smallest absolute Gasteiger partial charge is 0.172 e. The first-order chi connectivity index (χ1) is 7.72. The summed E-state index contributed by atoms with van der Waals surface area (Å²) in [7, 11) is 0. The summed E-state index contributed by atoms with van der Waals surface area (Å²) in [6, 6.07) is 4.27. The lowest BCUT2D eigenvalue weighted by Crippen LogP contribution is -2.13. The molecule has 0 unspecified atom stereocenters. The van der Waals surface area contributed by atoms with Gasteiger partial charge < -0.3 is 15.2 Å². The summed E-state index contributed by atoms with van der Waals surface area (Å²) in [6.07, 6.45) is 2.34. The second-order valence-electron chi connectivity index (χ2n) is 3.93. The van der Waals surface area contributed by atoms with E-state index in [1.165, 1.54) is 12.0 Å². The van der Waals surface area contributed by atoms with Crippen LogP contribution in [-0.4, -0.2) is 18.3 Å². The largest absolute Gasteiger partial charge is 0.503 e. The Morgan fingerprint density at radius 1 is 1.53 bits per heavy atom. The van der Waals surface area contributed by atoms with Gasteiger partial charge >= 0.3 is 0 Å². The molecule has 0 saturated carbocycles. The molecule has 1 fully saturated rings. The van der Waals surface area contributed by atoms with Crippen molar-refractivity contribution in [2.24, 2.45) is 0 Å². The number of nitrogens with one attached hydrogen (secondary N) is 1. The molecule has 96 valence electrons. The van der Waals surface area contributed by atoms with Crippen LogP contribution < -0.4 is 10.1 Å². The number of aromatic hydroxyl groups is 1. The van der Waals surface area contributed by atoms with E-state index in [1.54, 1.807) is 0 Å². The summed E-state index contributed by atoms with van der Waals surface area (Å²) < 4.78 is 6.11. The van der Waals surface area contributed by atoms with Crippen molar-refractivity contribution in [1.29, 1.82) is 0 Å². The number of hydrogen-bond donors (Lipinski definition) is 2. The van der Waals surface area contributed by atoms with Crippen molar-refractivity contribution < 1.29 is 9.84 Å². The van der Waals surface area contributed by atoms with Gasteiger partial charge in [-0.2, -0.15) is 0 Å². The first-order valence-electron chi connectivity index (χ1n) is 5.61. The van der Waals surface area contributed by atoms with Gasteiger partial charge in [-0.25, -0.2) is 0 Å². The maximum absolute atomic E-state index is 9.80. The number of hydrogen-bond acceptors (Lipinski definition) is 3. The van der Waals surface area contributed by atoms with E-state index < -0.39 is 0 Å². The number of phenols is 1. The predicted octanol–water partition coefficient (Wildman–Crippen LogP) is 3.40. The summed E-state index contributed by atoms with van der Waals surface area (Å²) in [5.74, 6) is 0.740. The van der Waals surface area contributed by atoms with Crippen molar-refractivity contribution in [3.63, 3.8) is 0 Å². The maximum atomic E-state index is 9.80. The Morgan fingerprint density at radius 3 is 2.88 bits per heavy atom. The fourth-order valence-electron chi connectivity index (χ4n) is 2.03. The van der Waals surface area contributed by atoms with Crippen LogP contribution in [0.2, 0.25) is 0 Å². The Hall–Kier alpha value is -0.450. The van der Waals surface area contributed by atoms with Crippen molar-refractivity contribution in [1.82, 2.24) is 5.32 Å². The van der Waals surface area contributed by atoms with Crippen molar-refractivity contribution in [2.75, 3.05) is 13.2 Å². The highest BCUT2D eigenvalue weighted by Crippen LogP contribution is 2.38. The monoisotopic (exact) mass is 321 g/mol. The molecule has 0 bridgehead atoms. The van der Waals surface area contributed by atoms with Crippen LogP contribution in [0.3, 0.4) is 0 Å². The first kappa shape index (κ1) is 14.6. The van der Waals surface area contributed by atoms with Crippen LogP contribution in [0.25, 0.3) is 0 Å². The lowest BCUT2D eigenvalue weighted by molar-refractivity contribution is 0.316. The van der Waals surface area contributed by atoms with Crippen LogP contribution in [0.1, 0.15) is 31.4 Å². The van der Waals surface area contributed by atoms with Gasteiger partial charge in [-0.1, -0.05) is 0 Å². The molecule has 1 aromatic carbocycles. The van der Waals surface area contributed by atoms with Gasteiger partial charge in [0.2, 0.25) is 0 Å². The third-order valence-electron chi connectivity index (χ3n) is 2.81. The molecule has 2 rings (SSSR count). The summed E-state index contributed by atoms with van der Waals surface area (Å²) in [5, 5.41) is 13.2. The molecule has 0 radical (unpaired) electrons. The number of benzene rings is 1. The summed E-state index contributed by atoms with van der Waals surface area (Å²) in [4.78, 5) is 0. The molecule has 1 heterocycles. The van der Waals surface area contributed by atoms with Crippen molar-refractivity contribution in [3.05, 3.63) is 22.2 Å². The Bertz CT molecular complexity index is 381. The predicted molar refractivity (Wildman–Crippen MR) is 74.2 cm³/mol. The standard InChI is InChI=1S/C12H16BrNO2.ClH/c1-2-16-11-7-8(6-9(13)12(11)15)10-4-3-5-14-10;/h6-7,10,14-15H,2-5H2,1H3;1H/t10-;/m1./s1. The number of halogens is 2. The molecule has 3 nitrogen and oxygen atoms in total. The van der Waals surface area contributed by atoms with Crippen LogP contribution in [0, 0.1) is 0 Å². The maximum Gasteiger partial charge on any atom is 0.172 e. The van der Waals surface area contributed by atoms with Crippen LogP contribution >= 0.6 is 28.3 Å². The number of phenolic OH excluding ortho intramolecular Hbond substituents is 1. The highest BCUT2D eigenvalue weighted by Gasteiger charge is 2.19. The molecule has 1 aliphatic rings. The number of rotatable bonds is 3. The van der Waals surface area contributed by atoms with E-state index in [0.717, 1.165) is 13.0 Å². The van der Waals surface area contributed by atoms with E-state index in [0.29, 0.717) is 22.9 Å². The number of ether oxygens (including phenoxy) is 1. The average molecular weight is 323 g/mol. The third kappa shape index (κ3) is 3.27. The van der Waals surface area contributed by atoms with Crippen molar-refractivity contribution in [2.45, 2.75) is 25.8 Å². The fraction of sp³-hybridized carbons (Fsp3) is 0.500. The minimum atomic E-state index is 0. The minimum Gasteiger partial charge on any atom is -0.503 e. The molecule has 1 aliphatic heterocycles. The van der Waals surface area contributed by atoms with Crippen molar-refractivity contribution in [3.8, 4) is 11.5 Å². The lowest BCUT2D eigenvalue weighted by Gasteiger charge is -2.14. The van der Waals surface area contributed by atoms with Gasteiger partial charge in [-0.15, -0.1) is 12.4 Å². The van der Waals surface area contributed by atoms with Gasteiger partial charge in [0, 0.05) is 6.04 Å². The van der Waals surface area contributed by atoms with E-state index in [9.17, 15) is 5.11 Å². The Labute approximate surface area is 116 Å². The van der Waals surface area contributed by atoms with E-state index >= 15 is 0 Å². The minimum absolute atomic E-state index is 0. The Balaban J connectivity index is 0.00000144. The van der Waals surface area contributed by atoms with Gasteiger partial charge in [-0.3, -0.25) is 0 Å². The second kappa shape index (κ2) is 6.47. The Morgan fingerprint density at radius 2 is 2.29 bits per heavy atom. The van der Waals surface area contributed by atoms with E-state index in [2.05, 4.69) is 21.2 Å². The van der Waals surface area contributed by atoms with Gasteiger partial charge in [0.1, 0.15) is 0 Å². The fourth-order valence-corrected chi connectivity index (χ4v) is 2.49.